The van der Waals surface area contributed by atoms with Crippen molar-refractivity contribution in [2.75, 3.05) is 26.6 Å². The lowest BCUT2D eigenvalue weighted by molar-refractivity contribution is -0.383. The highest BCUT2D eigenvalue weighted by atomic mass is 16.6. The zero-order valence-electron chi connectivity index (χ0n) is 13.7. The van der Waals surface area contributed by atoms with E-state index in [9.17, 15) is 20.0 Å². The van der Waals surface area contributed by atoms with Gasteiger partial charge in [0.1, 0.15) is 5.69 Å². The number of anilines is 2. The van der Waals surface area contributed by atoms with Crippen molar-refractivity contribution in [3.05, 3.63) is 46.0 Å². The third kappa shape index (κ3) is 3.55. The number of nitrogens with one attached hydrogen (secondary N) is 1. The number of nitro benzene ring substituents is 1. The first-order valence-electron chi connectivity index (χ1n) is 7.00. The van der Waals surface area contributed by atoms with Gasteiger partial charge >= 0.3 is 5.97 Å². The van der Waals surface area contributed by atoms with Crippen molar-refractivity contribution in [1.29, 1.82) is 0 Å². The average molecular weight is 348 g/mol. The molecule has 9 nitrogen and oxygen atoms in total. The molecule has 2 aromatic rings. The van der Waals surface area contributed by atoms with Crippen LogP contribution in [0, 0.1) is 10.1 Å². The number of carboxylic acid groups (broad SMARTS) is 1. The van der Waals surface area contributed by atoms with Crippen LogP contribution in [0.5, 0.6) is 17.2 Å². The molecular weight excluding hydrogens is 332 g/mol. The Morgan fingerprint density at radius 2 is 1.72 bits per heavy atom. The Bertz CT molecular complexity index is 763. The normalized spacial score (nSPS) is 10.0. The largest absolute Gasteiger partial charge is 0.493 e. The maximum absolute atomic E-state index is 11.4. The van der Waals surface area contributed by atoms with Crippen molar-refractivity contribution in [2.24, 2.45) is 0 Å². The van der Waals surface area contributed by atoms with E-state index in [4.69, 9.17) is 14.2 Å². The van der Waals surface area contributed by atoms with Crippen LogP contribution in [0.15, 0.2) is 30.3 Å². The van der Waals surface area contributed by atoms with Crippen LogP contribution >= 0.6 is 0 Å². The molecule has 0 unspecified atom stereocenters. The summed E-state index contributed by atoms with van der Waals surface area (Å²) in [5.74, 6) is -0.310. The minimum absolute atomic E-state index is 0.144. The van der Waals surface area contributed by atoms with Crippen LogP contribution in [-0.2, 0) is 0 Å². The van der Waals surface area contributed by atoms with E-state index in [0.717, 1.165) is 0 Å². The molecule has 25 heavy (non-hydrogen) atoms. The van der Waals surface area contributed by atoms with Crippen molar-refractivity contribution in [1.82, 2.24) is 0 Å². The van der Waals surface area contributed by atoms with Crippen LogP contribution in [0.3, 0.4) is 0 Å². The summed E-state index contributed by atoms with van der Waals surface area (Å²) in [7, 11) is 4.29. The van der Waals surface area contributed by atoms with Gasteiger partial charge in [-0.25, -0.2) is 4.79 Å². The van der Waals surface area contributed by atoms with E-state index in [1.807, 2.05) is 0 Å². The molecule has 2 rings (SSSR count). The number of rotatable bonds is 7. The summed E-state index contributed by atoms with van der Waals surface area (Å²) in [6.07, 6.45) is 0. The lowest BCUT2D eigenvalue weighted by Gasteiger charge is -2.16. The molecule has 0 saturated carbocycles. The molecule has 0 spiro atoms. The highest BCUT2D eigenvalue weighted by Gasteiger charge is 2.22. The highest BCUT2D eigenvalue weighted by Crippen LogP contribution is 2.41. The number of carbonyl (C=O) groups is 1. The van der Waals surface area contributed by atoms with Crippen LogP contribution in [0.25, 0.3) is 0 Å². The second-order valence-electron chi connectivity index (χ2n) is 4.80. The maximum Gasteiger partial charge on any atom is 0.338 e. The molecule has 0 aromatic heterocycles. The first-order chi connectivity index (χ1) is 11.9. The van der Waals surface area contributed by atoms with E-state index >= 15 is 0 Å². The fourth-order valence-corrected chi connectivity index (χ4v) is 2.30. The van der Waals surface area contributed by atoms with Gasteiger partial charge in [0.25, 0.3) is 5.69 Å². The number of carboxylic acids is 1. The molecule has 0 amide bonds. The second-order valence-corrected chi connectivity index (χ2v) is 4.80. The zero-order valence-corrected chi connectivity index (χ0v) is 13.7. The van der Waals surface area contributed by atoms with Crippen LogP contribution in [0.2, 0.25) is 0 Å². The molecule has 0 bridgehead atoms. The molecule has 0 aliphatic heterocycles. The summed E-state index contributed by atoms with van der Waals surface area (Å²) < 4.78 is 15.6. The minimum Gasteiger partial charge on any atom is -0.493 e. The third-order valence-electron chi connectivity index (χ3n) is 3.40. The lowest BCUT2D eigenvalue weighted by atomic mass is 10.1. The molecule has 0 aliphatic rings. The van der Waals surface area contributed by atoms with Crippen LogP contribution in [0.4, 0.5) is 17.1 Å². The third-order valence-corrected chi connectivity index (χ3v) is 3.40. The Labute approximate surface area is 142 Å². The quantitative estimate of drug-likeness (QED) is 0.578. The van der Waals surface area contributed by atoms with Gasteiger partial charge in [0.15, 0.2) is 11.5 Å². The Kier molecular flexibility index (Phi) is 5.28. The molecule has 2 N–H and O–H groups in total. The van der Waals surface area contributed by atoms with Gasteiger partial charge in [-0.1, -0.05) is 6.07 Å². The summed E-state index contributed by atoms with van der Waals surface area (Å²) in [5.41, 5.74) is -0.405. The van der Waals surface area contributed by atoms with Gasteiger partial charge in [0.2, 0.25) is 5.75 Å². The summed E-state index contributed by atoms with van der Waals surface area (Å²) in [5, 5.41) is 23.3. The van der Waals surface area contributed by atoms with E-state index in [1.54, 1.807) is 0 Å². The fourth-order valence-electron chi connectivity index (χ4n) is 2.30. The number of hydrogen-bond donors (Lipinski definition) is 2. The van der Waals surface area contributed by atoms with E-state index in [2.05, 4.69) is 5.32 Å². The molecule has 0 heterocycles. The smallest absolute Gasteiger partial charge is 0.338 e. The Hall–Kier alpha value is -3.49. The molecule has 132 valence electrons. The van der Waals surface area contributed by atoms with Gasteiger partial charge in [-0.15, -0.1) is 0 Å². The van der Waals surface area contributed by atoms with Crippen molar-refractivity contribution >= 4 is 23.0 Å². The van der Waals surface area contributed by atoms with Gasteiger partial charge in [0.05, 0.1) is 31.8 Å². The van der Waals surface area contributed by atoms with Crippen LogP contribution in [-0.4, -0.2) is 37.3 Å². The Morgan fingerprint density at radius 1 is 1.12 bits per heavy atom. The van der Waals surface area contributed by atoms with Crippen molar-refractivity contribution < 1.29 is 29.0 Å². The second kappa shape index (κ2) is 7.39. The van der Waals surface area contributed by atoms with Crippen molar-refractivity contribution in [2.45, 2.75) is 0 Å². The molecular formula is C16H16N2O7. The van der Waals surface area contributed by atoms with Gasteiger partial charge < -0.3 is 24.6 Å². The molecule has 0 atom stereocenters. The van der Waals surface area contributed by atoms with Gasteiger partial charge in [-0.3, -0.25) is 10.1 Å². The fraction of sp³-hybridized carbons (Fsp3) is 0.188. The first-order valence-corrected chi connectivity index (χ1v) is 7.00. The number of nitro groups is 1. The highest BCUT2D eigenvalue weighted by molar-refractivity contribution is 5.98. The Morgan fingerprint density at radius 3 is 2.16 bits per heavy atom. The van der Waals surface area contributed by atoms with E-state index in [1.165, 1.54) is 51.7 Å². The van der Waals surface area contributed by atoms with E-state index in [-0.39, 0.29) is 16.9 Å². The number of nitrogens with zero attached hydrogens (tertiary/aromatic N) is 1. The Balaban J connectivity index is 2.60. The number of ether oxygens (including phenoxy) is 3. The summed E-state index contributed by atoms with van der Waals surface area (Å²) in [6.45, 7) is 0. The predicted octanol–water partition coefficient (Wildman–Crippen LogP) is 3.06. The zero-order chi connectivity index (χ0) is 18.6. The van der Waals surface area contributed by atoms with Crippen molar-refractivity contribution in [3.63, 3.8) is 0 Å². The van der Waals surface area contributed by atoms with Crippen LogP contribution in [0.1, 0.15) is 10.4 Å². The maximum atomic E-state index is 11.4. The van der Waals surface area contributed by atoms with Crippen molar-refractivity contribution in [3.8, 4) is 17.2 Å². The van der Waals surface area contributed by atoms with Gasteiger partial charge in [0, 0.05) is 23.9 Å². The predicted molar refractivity (Wildman–Crippen MR) is 89.4 cm³/mol. The van der Waals surface area contributed by atoms with E-state index in [0.29, 0.717) is 22.9 Å². The monoisotopic (exact) mass is 348 g/mol. The van der Waals surface area contributed by atoms with Crippen LogP contribution < -0.4 is 19.5 Å². The van der Waals surface area contributed by atoms with E-state index < -0.39 is 10.9 Å². The first kappa shape index (κ1) is 17.9. The minimum atomic E-state index is -1.29. The number of methoxy groups -OCH3 is 3. The van der Waals surface area contributed by atoms with Gasteiger partial charge in [-0.2, -0.15) is 0 Å². The van der Waals surface area contributed by atoms with Gasteiger partial charge in [-0.05, 0) is 6.07 Å². The number of benzene rings is 2. The summed E-state index contributed by atoms with van der Waals surface area (Å²) >= 11 is 0. The SMILES string of the molecule is COc1cc(Nc2c(C(=O)O)cccc2[N+](=O)[O-])cc(OC)c1OC. The molecule has 9 heteroatoms. The number of aromatic carboxylic acids is 1. The molecule has 0 radical (unpaired) electrons. The summed E-state index contributed by atoms with van der Waals surface area (Å²) in [4.78, 5) is 22.0. The molecule has 0 saturated heterocycles. The number of para-hydroxylation sites is 1. The number of hydrogen-bond acceptors (Lipinski definition) is 7. The molecule has 0 fully saturated rings. The average Bonchev–Trinajstić information content (AvgIpc) is 2.60. The topological polar surface area (TPSA) is 120 Å². The molecule has 2 aromatic carbocycles. The lowest BCUT2D eigenvalue weighted by Crippen LogP contribution is -2.06. The standard InChI is InChI=1S/C16H16N2O7/c1-23-12-7-9(8-13(24-2)15(12)25-3)17-14-10(16(19)20)5-4-6-11(14)18(21)22/h4-8,17H,1-3H3,(H,19,20). The summed E-state index contributed by atoms with van der Waals surface area (Å²) in [6, 6.07) is 6.83. The molecule has 0 aliphatic carbocycles.